The Morgan fingerprint density at radius 2 is 0.864 bits per heavy atom. The Morgan fingerprint density at radius 3 is 1.29 bits per heavy atom. The number of hydrogen-bond acceptors (Lipinski definition) is 5. The minimum absolute atomic E-state index is 0.0608. The average molecular weight is 832 g/mol. The van der Waals surface area contributed by atoms with Crippen molar-refractivity contribution in [1.29, 1.82) is 0 Å². The molecule has 0 saturated carbocycles. The lowest BCUT2D eigenvalue weighted by Crippen LogP contribution is -2.46. The van der Waals surface area contributed by atoms with Crippen molar-refractivity contribution in [3.8, 4) is 0 Å². The molecule has 3 N–H and O–H groups in total. The molecule has 0 aromatic heterocycles. The van der Waals surface area contributed by atoms with Gasteiger partial charge in [-0.2, -0.15) is 0 Å². The van der Waals surface area contributed by atoms with Crippen LogP contribution in [-0.2, 0) is 14.3 Å². The van der Waals surface area contributed by atoms with Gasteiger partial charge in [0.05, 0.1) is 25.2 Å². The molecule has 1 amide bonds. The van der Waals surface area contributed by atoms with Gasteiger partial charge >= 0.3 is 5.97 Å². The van der Waals surface area contributed by atoms with E-state index < -0.39 is 18.2 Å². The Kier molecular flexibility index (Phi) is 46.1. The summed E-state index contributed by atoms with van der Waals surface area (Å²) in [5.74, 6) is -0.540. The number of unbranched alkanes of at least 4 members (excludes halogenated alkanes) is 31. The first-order valence-electron chi connectivity index (χ1n) is 26.1. The molecule has 6 nitrogen and oxygen atoms in total. The first kappa shape index (κ1) is 57.3. The summed E-state index contributed by atoms with van der Waals surface area (Å²) in [6.07, 6.45) is 53.9. The van der Waals surface area contributed by atoms with E-state index >= 15 is 0 Å². The van der Waals surface area contributed by atoms with Crippen LogP contribution in [0.3, 0.4) is 0 Å². The molecule has 3 unspecified atom stereocenters. The molecule has 348 valence electrons. The van der Waals surface area contributed by atoms with Crippen LogP contribution in [0.25, 0.3) is 0 Å². The van der Waals surface area contributed by atoms with Crippen molar-refractivity contribution in [1.82, 2.24) is 5.32 Å². The van der Waals surface area contributed by atoms with E-state index in [9.17, 15) is 19.8 Å². The van der Waals surface area contributed by atoms with E-state index in [1.165, 1.54) is 180 Å². The molecule has 59 heavy (non-hydrogen) atoms. The molecule has 6 heteroatoms. The number of allylic oxidation sites excluding steroid dienone is 4. The second-order valence-electron chi connectivity index (χ2n) is 17.9. The van der Waals surface area contributed by atoms with Crippen LogP contribution >= 0.6 is 0 Å². The summed E-state index contributed by atoms with van der Waals surface area (Å²) in [7, 11) is 0. The van der Waals surface area contributed by atoms with Gasteiger partial charge in [0.1, 0.15) is 6.10 Å². The fourth-order valence-electron chi connectivity index (χ4n) is 8.07. The molecule has 3 atom stereocenters. The van der Waals surface area contributed by atoms with Crippen LogP contribution < -0.4 is 5.32 Å². The fourth-order valence-corrected chi connectivity index (χ4v) is 8.07. The largest absolute Gasteiger partial charge is 0.462 e. The van der Waals surface area contributed by atoms with Crippen LogP contribution in [0.4, 0.5) is 0 Å². The summed E-state index contributed by atoms with van der Waals surface area (Å²) >= 11 is 0. The lowest BCUT2D eigenvalue weighted by Gasteiger charge is -2.24. The predicted octanol–water partition coefficient (Wildman–Crippen LogP) is 15.5. The van der Waals surface area contributed by atoms with Gasteiger partial charge in [-0.3, -0.25) is 9.59 Å². The molecular weight excluding hydrogens is 731 g/mol. The van der Waals surface area contributed by atoms with E-state index in [2.05, 4.69) is 50.4 Å². The number of carbonyl (C=O) groups is 2. The van der Waals surface area contributed by atoms with Gasteiger partial charge in [0.15, 0.2) is 0 Å². The molecule has 0 aliphatic carbocycles. The number of ether oxygens (including phenoxy) is 1. The number of carbonyl (C=O) groups excluding carboxylic acids is 2. The predicted molar refractivity (Wildman–Crippen MR) is 255 cm³/mol. The van der Waals surface area contributed by atoms with Gasteiger partial charge < -0.3 is 20.3 Å². The summed E-state index contributed by atoms with van der Waals surface area (Å²) in [5, 5.41) is 23.8. The monoisotopic (exact) mass is 832 g/mol. The second-order valence-corrected chi connectivity index (χ2v) is 17.9. The lowest BCUT2D eigenvalue weighted by molar-refractivity contribution is -0.150. The molecule has 0 aromatic carbocycles. The maximum absolute atomic E-state index is 13.2. The van der Waals surface area contributed by atoms with Gasteiger partial charge in [-0.05, 0) is 44.9 Å². The fraction of sp³-hybridized carbons (Fsp3) is 0.887. The summed E-state index contributed by atoms with van der Waals surface area (Å²) in [5.41, 5.74) is 0. The van der Waals surface area contributed by atoms with E-state index in [1.807, 2.05) is 0 Å². The Labute approximate surface area is 367 Å². The maximum atomic E-state index is 13.2. The summed E-state index contributed by atoms with van der Waals surface area (Å²) in [6.45, 7) is 6.48. The third-order valence-electron chi connectivity index (χ3n) is 12.0. The molecule has 0 spiro atoms. The summed E-state index contributed by atoms with van der Waals surface area (Å²) < 4.78 is 5.90. The van der Waals surface area contributed by atoms with Crippen molar-refractivity contribution in [2.75, 3.05) is 6.61 Å². The van der Waals surface area contributed by atoms with Gasteiger partial charge in [0.25, 0.3) is 0 Å². The minimum Gasteiger partial charge on any atom is -0.462 e. The van der Waals surface area contributed by atoms with Gasteiger partial charge in [0, 0.05) is 6.42 Å². The number of rotatable bonds is 47. The SMILES string of the molecule is CCCCCCCC/C=C\C/C=C/CCC(=O)OC(CCCCCCCCCCCCCCC)CC(=O)NC(CO)C(O)CCCCCCCCCCCCCCCC. The minimum atomic E-state index is -0.791. The zero-order chi connectivity index (χ0) is 43.1. The van der Waals surface area contributed by atoms with Crippen molar-refractivity contribution in [2.45, 2.75) is 296 Å². The van der Waals surface area contributed by atoms with E-state index in [0.29, 0.717) is 25.7 Å². The van der Waals surface area contributed by atoms with E-state index in [-0.39, 0.29) is 24.9 Å². The van der Waals surface area contributed by atoms with Gasteiger partial charge in [0.2, 0.25) is 5.91 Å². The van der Waals surface area contributed by atoms with E-state index in [0.717, 1.165) is 44.9 Å². The zero-order valence-electron chi connectivity index (χ0n) is 39.7. The molecule has 0 saturated heterocycles. The van der Waals surface area contributed by atoms with E-state index in [4.69, 9.17) is 4.74 Å². The number of amides is 1. The number of esters is 1. The van der Waals surface area contributed by atoms with Crippen molar-refractivity contribution in [3.05, 3.63) is 24.3 Å². The van der Waals surface area contributed by atoms with Crippen LogP contribution in [0.15, 0.2) is 24.3 Å². The Bertz CT molecular complexity index is 935. The topological polar surface area (TPSA) is 95.9 Å². The third kappa shape index (κ3) is 42.8. The van der Waals surface area contributed by atoms with Crippen LogP contribution in [-0.4, -0.2) is 46.9 Å². The molecule has 0 heterocycles. The second kappa shape index (κ2) is 47.4. The first-order valence-corrected chi connectivity index (χ1v) is 26.1. The van der Waals surface area contributed by atoms with Crippen LogP contribution in [0.1, 0.15) is 278 Å². The quantitative estimate of drug-likeness (QED) is 0.0322. The highest BCUT2D eigenvalue weighted by Gasteiger charge is 2.24. The molecule has 0 radical (unpaired) electrons. The molecular formula is C53H101NO5. The van der Waals surface area contributed by atoms with Crippen LogP contribution in [0, 0.1) is 0 Å². The van der Waals surface area contributed by atoms with Crippen LogP contribution in [0.5, 0.6) is 0 Å². The number of hydrogen-bond donors (Lipinski definition) is 3. The molecule has 0 rings (SSSR count). The first-order chi connectivity index (χ1) is 29.0. The smallest absolute Gasteiger partial charge is 0.306 e. The van der Waals surface area contributed by atoms with Gasteiger partial charge in [-0.25, -0.2) is 0 Å². The summed E-state index contributed by atoms with van der Waals surface area (Å²) in [4.78, 5) is 26.1. The maximum Gasteiger partial charge on any atom is 0.306 e. The van der Waals surface area contributed by atoms with Gasteiger partial charge in [-0.1, -0.05) is 244 Å². The number of nitrogens with one attached hydrogen (secondary N) is 1. The summed E-state index contributed by atoms with van der Waals surface area (Å²) in [6, 6.07) is -0.706. The molecule has 0 bridgehead atoms. The average Bonchev–Trinajstić information content (AvgIpc) is 3.23. The lowest BCUT2D eigenvalue weighted by atomic mass is 10.0. The number of aliphatic hydroxyl groups excluding tert-OH is 2. The van der Waals surface area contributed by atoms with Crippen molar-refractivity contribution in [2.24, 2.45) is 0 Å². The zero-order valence-corrected chi connectivity index (χ0v) is 39.7. The van der Waals surface area contributed by atoms with Gasteiger partial charge in [-0.15, -0.1) is 0 Å². The standard InChI is InChI=1S/C53H101NO5/c1-4-7-10-13-16-19-22-25-28-30-33-36-39-42-45-51(56)50(48-55)54-52(57)47-49(44-41-38-35-32-29-26-23-20-17-14-11-8-5-2)59-53(58)46-43-40-37-34-31-27-24-21-18-15-12-9-6-3/h27,31,37,40,49-51,55-56H,4-26,28-30,32-36,38-39,41-48H2,1-3H3,(H,54,57)/b31-27-,40-37+. The Hall–Kier alpha value is -1.66. The normalized spacial score (nSPS) is 13.4. The van der Waals surface area contributed by atoms with Crippen molar-refractivity contribution < 1.29 is 24.5 Å². The van der Waals surface area contributed by atoms with Crippen molar-refractivity contribution >= 4 is 11.9 Å². The molecule has 0 aliphatic heterocycles. The molecule has 0 fully saturated rings. The third-order valence-corrected chi connectivity index (χ3v) is 12.0. The highest BCUT2D eigenvalue weighted by molar-refractivity contribution is 5.77. The Morgan fingerprint density at radius 1 is 0.492 bits per heavy atom. The highest BCUT2D eigenvalue weighted by atomic mass is 16.5. The van der Waals surface area contributed by atoms with Crippen LogP contribution in [0.2, 0.25) is 0 Å². The van der Waals surface area contributed by atoms with Crippen molar-refractivity contribution in [3.63, 3.8) is 0 Å². The van der Waals surface area contributed by atoms with E-state index in [1.54, 1.807) is 0 Å². The highest BCUT2D eigenvalue weighted by Crippen LogP contribution is 2.18. The Balaban J connectivity index is 4.59. The molecule has 0 aliphatic rings. The number of aliphatic hydroxyl groups is 2. The molecule has 0 aromatic rings.